The van der Waals surface area contributed by atoms with E-state index in [1.807, 2.05) is 7.05 Å². The summed E-state index contributed by atoms with van der Waals surface area (Å²) in [7, 11) is 1.91. The maximum absolute atomic E-state index is 5.38. The molecule has 3 heteroatoms. The fourth-order valence-corrected chi connectivity index (χ4v) is 1.19. The van der Waals surface area contributed by atoms with E-state index in [1.54, 1.807) is 0 Å². The Morgan fingerprint density at radius 2 is 2.00 bits per heavy atom. The summed E-state index contributed by atoms with van der Waals surface area (Å²) in [6, 6.07) is 0. The number of ether oxygens (including phenoxy) is 1. The predicted molar refractivity (Wildman–Crippen MR) is 47.9 cm³/mol. The predicted octanol–water partition coefficient (Wildman–Crippen LogP) is 0.810. The van der Waals surface area contributed by atoms with Crippen molar-refractivity contribution in [2.45, 2.75) is 18.4 Å². The van der Waals surface area contributed by atoms with Crippen LogP contribution in [0.3, 0.4) is 0 Å². The molecular formula is C8H14ClNO. The molecular weight excluding hydrogens is 162 g/mol. The standard InChI is InChI=1S/C8H13NO.ClH/c1-3-8(9-2)4-6-10-7-5-8;/h1,9H,4-7H2,2H3;1H. The van der Waals surface area contributed by atoms with E-state index >= 15 is 0 Å². The van der Waals surface area contributed by atoms with Crippen molar-refractivity contribution in [3.63, 3.8) is 0 Å². The van der Waals surface area contributed by atoms with Crippen molar-refractivity contribution < 1.29 is 4.74 Å². The minimum absolute atomic E-state index is 0. The van der Waals surface area contributed by atoms with Gasteiger partial charge in [-0.3, -0.25) is 0 Å². The van der Waals surface area contributed by atoms with E-state index in [2.05, 4.69) is 11.2 Å². The molecule has 0 spiro atoms. The number of hydrogen-bond donors (Lipinski definition) is 1. The van der Waals surface area contributed by atoms with Gasteiger partial charge in [-0.25, -0.2) is 0 Å². The van der Waals surface area contributed by atoms with Gasteiger partial charge >= 0.3 is 0 Å². The van der Waals surface area contributed by atoms with Gasteiger partial charge in [-0.15, -0.1) is 18.8 Å². The number of rotatable bonds is 1. The molecule has 64 valence electrons. The van der Waals surface area contributed by atoms with Crippen LogP contribution in [0.5, 0.6) is 0 Å². The molecule has 0 atom stereocenters. The molecule has 0 radical (unpaired) electrons. The van der Waals surface area contributed by atoms with Crippen LogP contribution in [-0.4, -0.2) is 25.8 Å². The molecule has 0 amide bonds. The Balaban J connectivity index is 0.000001000. The second-order valence-electron chi connectivity index (χ2n) is 2.59. The quantitative estimate of drug-likeness (QED) is 0.596. The van der Waals surface area contributed by atoms with Crippen LogP contribution in [-0.2, 0) is 4.74 Å². The lowest BCUT2D eigenvalue weighted by atomic mass is 9.91. The maximum atomic E-state index is 5.38. The van der Waals surface area contributed by atoms with E-state index in [0.717, 1.165) is 26.1 Å². The van der Waals surface area contributed by atoms with Gasteiger partial charge in [0.25, 0.3) is 0 Å². The third-order valence-corrected chi connectivity index (χ3v) is 2.10. The van der Waals surface area contributed by atoms with E-state index in [-0.39, 0.29) is 17.9 Å². The van der Waals surface area contributed by atoms with Gasteiger partial charge in [-0.1, -0.05) is 5.92 Å². The minimum atomic E-state index is -0.0851. The highest BCUT2D eigenvalue weighted by molar-refractivity contribution is 5.85. The lowest BCUT2D eigenvalue weighted by Gasteiger charge is -2.31. The van der Waals surface area contributed by atoms with Crippen molar-refractivity contribution in [2.75, 3.05) is 20.3 Å². The molecule has 0 aromatic carbocycles. The summed E-state index contributed by atoms with van der Waals surface area (Å²) in [6.45, 7) is 1.57. The first-order valence-electron chi connectivity index (χ1n) is 3.57. The molecule has 0 unspecified atom stereocenters. The Morgan fingerprint density at radius 1 is 1.45 bits per heavy atom. The highest BCUT2D eigenvalue weighted by atomic mass is 35.5. The molecule has 1 N–H and O–H groups in total. The summed E-state index contributed by atoms with van der Waals surface area (Å²) in [5.41, 5.74) is -0.0851. The Kier molecular flexibility index (Phi) is 4.51. The molecule has 1 fully saturated rings. The number of nitrogens with one attached hydrogen (secondary N) is 1. The van der Waals surface area contributed by atoms with Gasteiger partial charge < -0.3 is 10.1 Å². The molecule has 2 nitrogen and oxygen atoms in total. The van der Waals surface area contributed by atoms with Crippen molar-refractivity contribution in [3.05, 3.63) is 0 Å². The number of halogens is 1. The van der Waals surface area contributed by atoms with E-state index < -0.39 is 0 Å². The highest BCUT2D eigenvalue weighted by Gasteiger charge is 2.27. The zero-order valence-corrected chi connectivity index (χ0v) is 7.54. The molecule has 11 heavy (non-hydrogen) atoms. The van der Waals surface area contributed by atoms with Gasteiger partial charge in [0.2, 0.25) is 0 Å². The number of terminal acetylenes is 1. The minimum Gasteiger partial charge on any atom is -0.381 e. The first-order valence-corrected chi connectivity index (χ1v) is 3.57. The average Bonchev–Trinajstić information content (AvgIpc) is 2.06. The normalized spacial score (nSPS) is 21.5. The topological polar surface area (TPSA) is 21.3 Å². The van der Waals surface area contributed by atoms with Gasteiger partial charge in [0.15, 0.2) is 0 Å². The molecule has 1 rings (SSSR count). The van der Waals surface area contributed by atoms with Crippen LogP contribution in [0.15, 0.2) is 0 Å². The zero-order valence-electron chi connectivity index (χ0n) is 6.72. The Morgan fingerprint density at radius 3 is 2.27 bits per heavy atom. The number of hydrogen-bond acceptors (Lipinski definition) is 2. The van der Waals surface area contributed by atoms with Crippen LogP contribution in [0.2, 0.25) is 0 Å². The first-order chi connectivity index (χ1) is 4.83. The van der Waals surface area contributed by atoms with Crippen LogP contribution < -0.4 is 5.32 Å². The molecule has 0 aliphatic carbocycles. The monoisotopic (exact) mass is 175 g/mol. The fraction of sp³-hybridized carbons (Fsp3) is 0.750. The molecule has 1 heterocycles. The smallest absolute Gasteiger partial charge is 0.0839 e. The molecule has 0 aromatic rings. The summed E-state index contributed by atoms with van der Waals surface area (Å²) in [6.07, 6.45) is 7.24. The molecule has 1 saturated heterocycles. The molecule has 0 saturated carbocycles. The fourth-order valence-electron chi connectivity index (χ4n) is 1.19. The molecule has 1 aliphatic heterocycles. The van der Waals surface area contributed by atoms with Crippen molar-refractivity contribution in [3.8, 4) is 12.3 Å². The van der Waals surface area contributed by atoms with Crippen LogP contribution in [0.4, 0.5) is 0 Å². The van der Waals surface area contributed by atoms with Crippen LogP contribution >= 0.6 is 12.4 Å². The van der Waals surface area contributed by atoms with Crippen LogP contribution in [0.25, 0.3) is 0 Å². The van der Waals surface area contributed by atoms with Gasteiger partial charge in [-0.2, -0.15) is 0 Å². The second-order valence-corrected chi connectivity index (χ2v) is 2.59. The van der Waals surface area contributed by atoms with Gasteiger partial charge in [0.05, 0.1) is 5.54 Å². The molecule has 0 aromatic heterocycles. The average molecular weight is 176 g/mol. The SMILES string of the molecule is C#CC1(NC)CCOCC1.Cl. The molecule has 1 aliphatic rings. The van der Waals surface area contributed by atoms with Crippen LogP contribution in [0.1, 0.15) is 12.8 Å². The van der Waals surface area contributed by atoms with E-state index in [1.165, 1.54) is 0 Å². The van der Waals surface area contributed by atoms with E-state index in [0.29, 0.717) is 0 Å². The zero-order chi connectivity index (χ0) is 7.45. The van der Waals surface area contributed by atoms with Gasteiger partial charge in [0.1, 0.15) is 0 Å². The largest absolute Gasteiger partial charge is 0.381 e. The third kappa shape index (κ3) is 2.37. The lowest BCUT2D eigenvalue weighted by molar-refractivity contribution is 0.0612. The Bertz CT molecular complexity index is 147. The van der Waals surface area contributed by atoms with E-state index in [9.17, 15) is 0 Å². The molecule has 0 bridgehead atoms. The summed E-state index contributed by atoms with van der Waals surface area (Å²) in [5, 5.41) is 3.15. The second kappa shape index (κ2) is 4.61. The van der Waals surface area contributed by atoms with Gasteiger partial charge in [0, 0.05) is 26.1 Å². The summed E-state index contributed by atoms with van der Waals surface area (Å²) < 4.78 is 5.19. The summed E-state index contributed by atoms with van der Waals surface area (Å²) >= 11 is 0. The van der Waals surface area contributed by atoms with Crippen molar-refractivity contribution in [2.24, 2.45) is 0 Å². The summed E-state index contributed by atoms with van der Waals surface area (Å²) in [4.78, 5) is 0. The van der Waals surface area contributed by atoms with Crippen molar-refractivity contribution >= 4 is 12.4 Å². The lowest BCUT2D eigenvalue weighted by Crippen LogP contribution is -2.46. The van der Waals surface area contributed by atoms with Gasteiger partial charge in [-0.05, 0) is 7.05 Å². The van der Waals surface area contributed by atoms with E-state index in [4.69, 9.17) is 11.2 Å². The maximum Gasteiger partial charge on any atom is 0.0839 e. The highest BCUT2D eigenvalue weighted by Crippen LogP contribution is 2.18. The van der Waals surface area contributed by atoms with Crippen LogP contribution in [0, 0.1) is 12.3 Å². The van der Waals surface area contributed by atoms with Crippen molar-refractivity contribution in [1.29, 1.82) is 0 Å². The Hall–Kier alpha value is -0.230. The first kappa shape index (κ1) is 10.8. The van der Waals surface area contributed by atoms with Crippen molar-refractivity contribution in [1.82, 2.24) is 5.32 Å². The summed E-state index contributed by atoms with van der Waals surface area (Å²) in [5.74, 6) is 2.78. The third-order valence-electron chi connectivity index (χ3n) is 2.10. The Labute approximate surface area is 74.1 Å².